The lowest BCUT2D eigenvalue weighted by molar-refractivity contribution is -0.161. The lowest BCUT2D eigenvalue weighted by atomic mass is 10.0. The van der Waals surface area contributed by atoms with Crippen LogP contribution in [0.3, 0.4) is 0 Å². The van der Waals surface area contributed by atoms with Crippen LogP contribution in [0.1, 0.15) is 290 Å². The first-order valence-corrected chi connectivity index (χ1v) is 26.4. The molecule has 0 aromatic rings. The van der Waals surface area contributed by atoms with Crippen LogP contribution in [0, 0.1) is 0 Å². The van der Waals surface area contributed by atoms with E-state index in [9.17, 15) is 14.7 Å². The second-order valence-corrected chi connectivity index (χ2v) is 17.9. The molecule has 0 heterocycles. The summed E-state index contributed by atoms with van der Waals surface area (Å²) in [6.45, 7) is 4.15. The summed E-state index contributed by atoms with van der Waals surface area (Å²) in [5.74, 6) is -0.587. The van der Waals surface area contributed by atoms with Crippen LogP contribution in [-0.2, 0) is 19.1 Å². The van der Waals surface area contributed by atoms with Gasteiger partial charge in [0, 0.05) is 12.8 Å². The van der Waals surface area contributed by atoms with Gasteiger partial charge in [-0.05, 0) is 64.2 Å². The summed E-state index contributed by atoms with van der Waals surface area (Å²) in [6.07, 6.45) is 62.9. The van der Waals surface area contributed by atoms with Crippen molar-refractivity contribution >= 4 is 11.9 Å². The third-order valence-electron chi connectivity index (χ3n) is 12.0. The molecule has 0 aliphatic heterocycles. The molecule has 0 saturated carbocycles. The van der Waals surface area contributed by atoms with E-state index in [0.717, 1.165) is 44.9 Å². The maximum absolute atomic E-state index is 12.3. The molecule has 0 amide bonds. The Labute approximate surface area is 368 Å². The van der Waals surface area contributed by atoms with Gasteiger partial charge in [-0.2, -0.15) is 0 Å². The van der Waals surface area contributed by atoms with Gasteiger partial charge in [0.15, 0.2) is 6.10 Å². The minimum atomic E-state index is -0.771. The van der Waals surface area contributed by atoms with Crippen LogP contribution in [0.15, 0.2) is 24.3 Å². The average molecular weight is 831 g/mol. The number of rotatable bonds is 49. The van der Waals surface area contributed by atoms with E-state index in [4.69, 9.17) is 9.47 Å². The molecule has 1 unspecified atom stereocenters. The summed E-state index contributed by atoms with van der Waals surface area (Å²) in [5.41, 5.74) is 0. The monoisotopic (exact) mass is 831 g/mol. The number of hydrogen-bond donors (Lipinski definition) is 1. The number of allylic oxidation sites excluding steroid dienone is 4. The van der Waals surface area contributed by atoms with Crippen molar-refractivity contribution in [3.8, 4) is 0 Å². The predicted molar refractivity (Wildman–Crippen MR) is 256 cm³/mol. The third-order valence-corrected chi connectivity index (χ3v) is 12.0. The van der Waals surface area contributed by atoms with Gasteiger partial charge >= 0.3 is 11.9 Å². The molecule has 0 bridgehead atoms. The predicted octanol–water partition coefficient (Wildman–Crippen LogP) is 17.4. The van der Waals surface area contributed by atoms with Gasteiger partial charge in [0.1, 0.15) is 6.61 Å². The molecule has 1 N–H and O–H groups in total. The molecule has 0 rings (SSSR count). The minimum Gasteiger partial charge on any atom is -0.462 e. The number of unbranched alkanes of at least 4 members (excludes halogenated alkanes) is 37. The Morgan fingerprint density at radius 1 is 0.373 bits per heavy atom. The SMILES string of the molecule is CCCCCCC/C=C\CCCCCCCC(=O)OCC(CO)OC(=O)CCCCCCCCCCCCCCCCCCCCC/C=C\CCCCCCCCCC. The lowest BCUT2D eigenvalue weighted by Crippen LogP contribution is -2.28. The molecule has 0 aromatic carbocycles. The van der Waals surface area contributed by atoms with Crippen LogP contribution in [0.5, 0.6) is 0 Å². The van der Waals surface area contributed by atoms with Crippen molar-refractivity contribution in [3.05, 3.63) is 24.3 Å². The maximum atomic E-state index is 12.3. The second kappa shape index (κ2) is 50.7. The van der Waals surface area contributed by atoms with E-state index < -0.39 is 6.10 Å². The summed E-state index contributed by atoms with van der Waals surface area (Å²) in [6, 6.07) is 0. The zero-order valence-electron chi connectivity index (χ0n) is 39.8. The second-order valence-electron chi connectivity index (χ2n) is 17.9. The highest BCUT2D eigenvalue weighted by Crippen LogP contribution is 2.17. The number of carbonyl (C=O) groups is 2. The van der Waals surface area contributed by atoms with E-state index in [0.29, 0.717) is 12.8 Å². The zero-order chi connectivity index (χ0) is 42.8. The van der Waals surface area contributed by atoms with Gasteiger partial charge < -0.3 is 14.6 Å². The van der Waals surface area contributed by atoms with Crippen LogP contribution in [0.4, 0.5) is 0 Å². The van der Waals surface area contributed by atoms with Gasteiger partial charge in [0.25, 0.3) is 0 Å². The molecule has 1 atom stereocenters. The zero-order valence-corrected chi connectivity index (χ0v) is 39.8. The van der Waals surface area contributed by atoms with Crippen LogP contribution in [0.2, 0.25) is 0 Å². The van der Waals surface area contributed by atoms with Crippen LogP contribution >= 0.6 is 0 Å². The number of esters is 2. The lowest BCUT2D eigenvalue weighted by Gasteiger charge is -2.15. The van der Waals surface area contributed by atoms with Crippen LogP contribution in [-0.4, -0.2) is 36.4 Å². The molecule has 5 heteroatoms. The summed E-state index contributed by atoms with van der Waals surface area (Å²) in [4.78, 5) is 24.4. The van der Waals surface area contributed by atoms with Crippen molar-refractivity contribution in [3.63, 3.8) is 0 Å². The molecule has 0 aromatic heterocycles. The highest BCUT2D eigenvalue weighted by Gasteiger charge is 2.16. The van der Waals surface area contributed by atoms with Gasteiger partial charge in [-0.15, -0.1) is 0 Å². The Kier molecular flexibility index (Phi) is 49.3. The van der Waals surface area contributed by atoms with Crippen molar-refractivity contribution in [1.82, 2.24) is 0 Å². The fourth-order valence-electron chi connectivity index (χ4n) is 7.96. The van der Waals surface area contributed by atoms with E-state index in [2.05, 4.69) is 38.2 Å². The molecule has 0 aliphatic rings. The summed E-state index contributed by atoms with van der Waals surface area (Å²) in [7, 11) is 0. The van der Waals surface area contributed by atoms with E-state index in [1.807, 2.05) is 0 Å². The number of hydrogen-bond acceptors (Lipinski definition) is 5. The molecule has 5 nitrogen and oxygen atoms in total. The number of aliphatic hydroxyl groups excluding tert-OH is 1. The Hall–Kier alpha value is -1.62. The largest absolute Gasteiger partial charge is 0.462 e. The fraction of sp³-hybridized carbons (Fsp3) is 0.889. The van der Waals surface area contributed by atoms with Gasteiger partial charge in [0.2, 0.25) is 0 Å². The summed E-state index contributed by atoms with van der Waals surface area (Å²) in [5, 5.41) is 9.61. The minimum absolute atomic E-state index is 0.0653. The molecule has 348 valence electrons. The molecule has 0 spiro atoms. The molecule has 0 saturated heterocycles. The average Bonchev–Trinajstić information content (AvgIpc) is 3.24. The number of carbonyl (C=O) groups excluding carboxylic acids is 2. The Bertz CT molecular complexity index is 897. The van der Waals surface area contributed by atoms with Crippen LogP contribution in [0.25, 0.3) is 0 Å². The molecular weight excluding hydrogens is 729 g/mol. The Morgan fingerprint density at radius 2 is 0.627 bits per heavy atom. The van der Waals surface area contributed by atoms with Crippen molar-refractivity contribution in [2.45, 2.75) is 296 Å². The smallest absolute Gasteiger partial charge is 0.306 e. The van der Waals surface area contributed by atoms with Crippen LogP contribution < -0.4 is 0 Å². The highest BCUT2D eigenvalue weighted by molar-refractivity contribution is 5.70. The first-order valence-electron chi connectivity index (χ1n) is 26.4. The van der Waals surface area contributed by atoms with Crippen molar-refractivity contribution < 1.29 is 24.2 Å². The van der Waals surface area contributed by atoms with E-state index in [1.165, 1.54) is 218 Å². The fourth-order valence-corrected chi connectivity index (χ4v) is 7.96. The van der Waals surface area contributed by atoms with Gasteiger partial charge in [-0.1, -0.05) is 237 Å². The highest BCUT2D eigenvalue weighted by atomic mass is 16.6. The normalized spacial score (nSPS) is 12.3. The van der Waals surface area contributed by atoms with E-state index in [-0.39, 0.29) is 25.2 Å². The number of ether oxygens (including phenoxy) is 2. The standard InChI is InChI=1S/C54H102O5/c1-3-5-7-9-11-13-15-17-19-20-21-22-23-24-25-26-27-28-29-30-31-32-33-34-35-37-39-41-43-45-47-49-54(57)59-52(50-55)51-58-53(56)48-46-44-42-40-38-36-18-16-14-12-10-8-6-4-2/h16,18,20-21,52,55H,3-15,17,19,22-51H2,1-2H3/b18-16-,21-20-. The molecular formula is C54H102O5. The molecule has 0 radical (unpaired) electrons. The van der Waals surface area contributed by atoms with Gasteiger partial charge in [-0.25, -0.2) is 0 Å². The topological polar surface area (TPSA) is 72.8 Å². The Morgan fingerprint density at radius 3 is 0.915 bits per heavy atom. The molecule has 0 fully saturated rings. The quantitative estimate of drug-likeness (QED) is 0.0376. The van der Waals surface area contributed by atoms with Crippen molar-refractivity contribution in [2.24, 2.45) is 0 Å². The van der Waals surface area contributed by atoms with Gasteiger partial charge in [-0.3, -0.25) is 9.59 Å². The summed E-state index contributed by atoms with van der Waals surface area (Å²) >= 11 is 0. The maximum Gasteiger partial charge on any atom is 0.306 e. The molecule has 59 heavy (non-hydrogen) atoms. The van der Waals surface area contributed by atoms with Gasteiger partial charge in [0.05, 0.1) is 6.61 Å². The Balaban J connectivity index is 3.41. The van der Waals surface area contributed by atoms with Crippen molar-refractivity contribution in [1.29, 1.82) is 0 Å². The summed E-state index contributed by atoms with van der Waals surface area (Å²) < 4.78 is 10.7. The van der Waals surface area contributed by atoms with E-state index in [1.54, 1.807) is 0 Å². The first-order chi connectivity index (χ1) is 29.1. The van der Waals surface area contributed by atoms with Crippen molar-refractivity contribution in [2.75, 3.05) is 13.2 Å². The third kappa shape index (κ3) is 48.9. The molecule has 0 aliphatic carbocycles. The number of aliphatic hydroxyl groups is 1. The first kappa shape index (κ1) is 57.4. The van der Waals surface area contributed by atoms with E-state index >= 15 is 0 Å².